The third-order valence-corrected chi connectivity index (χ3v) is 9.42. The molecule has 37 heavy (non-hydrogen) atoms. The van der Waals surface area contributed by atoms with E-state index in [0.29, 0.717) is 41.2 Å². The van der Waals surface area contributed by atoms with E-state index in [1.54, 1.807) is 54.5 Å². The molecule has 1 amide bonds. The number of carbonyl (C=O) groups excluding carboxylic acids is 1. The SMILES string of the molecule is COc1ccc(Cl)c2sc(N(CCCN3CCOCC3)C(=O)CCCS(=O)(=O)c3ccccc3)nc12.Cl. The molecule has 1 aliphatic heterocycles. The van der Waals surface area contributed by atoms with Crippen LogP contribution in [0.15, 0.2) is 47.4 Å². The Hall–Kier alpha value is -1.95. The number of morpholine rings is 1. The zero-order chi connectivity index (χ0) is 25.5. The summed E-state index contributed by atoms with van der Waals surface area (Å²) in [6, 6.07) is 11.8. The van der Waals surface area contributed by atoms with E-state index in [1.165, 1.54) is 11.3 Å². The van der Waals surface area contributed by atoms with Crippen molar-refractivity contribution in [2.24, 2.45) is 0 Å². The van der Waals surface area contributed by atoms with E-state index < -0.39 is 9.84 Å². The molecule has 0 atom stereocenters. The number of nitrogens with zero attached hydrogens (tertiary/aromatic N) is 3. The summed E-state index contributed by atoms with van der Waals surface area (Å²) in [7, 11) is -1.88. The second-order valence-electron chi connectivity index (χ2n) is 8.51. The van der Waals surface area contributed by atoms with Gasteiger partial charge in [-0.2, -0.15) is 0 Å². The molecule has 2 aromatic carbocycles. The number of sulfone groups is 1. The van der Waals surface area contributed by atoms with Gasteiger partial charge in [0.05, 0.1) is 40.7 Å². The predicted molar refractivity (Wildman–Crippen MR) is 150 cm³/mol. The van der Waals surface area contributed by atoms with Crippen molar-refractivity contribution < 1.29 is 22.7 Å². The number of fused-ring (bicyclic) bond motifs is 1. The number of carbonyl (C=O) groups is 1. The maximum absolute atomic E-state index is 13.4. The number of thiazole rings is 1. The molecule has 0 saturated carbocycles. The zero-order valence-electron chi connectivity index (χ0n) is 20.6. The third-order valence-electron chi connectivity index (χ3n) is 6.06. The van der Waals surface area contributed by atoms with Crippen molar-refractivity contribution in [2.75, 3.05) is 57.2 Å². The van der Waals surface area contributed by atoms with Gasteiger partial charge in [-0.05, 0) is 37.1 Å². The molecule has 1 aliphatic rings. The molecule has 0 N–H and O–H groups in total. The molecule has 0 bridgehead atoms. The Morgan fingerprint density at radius 1 is 1.16 bits per heavy atom. The molecule has 1 saturated heterocycles. The summed E-state index contributed by atoms with van der Waals surface area (Å²) < 4.78 is 36.9. The Morgan fingerprint density at radius 3 is 2.59 bits per heavy atom. The molecule has 0 spiro atoms. The minimum atomic E-state index is -3.45. The van der Waals surface area contributed by atoms with E-state index in [-0.39, 0.29) is 41.8 Å². The largest absolute Gasteiger partial charge is 0.494 e. The van der Waals surface area contributed by atoms with Crippen LogP contribution in [0.4, 0.5) is 5.13 Å². The number of amides is 1. The van der Waals surface area contributed by atoms with Crippen LogP contribution in [-0.2, 0) is 19.4 Å². The van der Waals surface area contributed by atoms with Crippen molar-refractivity contribution in [3.8, 4) is 5.75 Å². The van der Waals surface area contributed by atoms with Crippen molar-refractivity contribution in [2.45, 2.75) is 24.2 Å². The summed E-state index contributed by atoms with van der Waals surface area (Å²) in [5.41, 5.74) is 0.614. The number of anilines is 1. The molecule has 0 aliphatic carbocycles. The van der Waals surface area contributed by atoms with Gasteiger partial charge in [-0.25, -0.2) is 13.4 Å². The van der Waals surface area contributed by atoms with Crippen LogP contribution in [0.1, 0.15) is 19.3 Å². The number of hydrogen-bond donors (Lipinski definition) is 0. The van der Waals surface area contributed by atoms with Gasteiger partial charge < -0.3 is 9.47 Å². The number of rotatable bonds is 11. The Morgan fingerprint density at radius 2 is 1.89 bits per heavy atom. The molecule has 4 rings (SSSR count). The standard InChI is InChI=1S/C25H30ClN3O5S2.ClH/c1-33-21-11-10-20(26)24-23(21)27-25(35-24)29(13-6-12-28-14-16-34-17-15-28)22(30)9-5-18-36(31,32)19-7-3-2-4-8-19;/h2-4,7-8,10-11H,5-6,9,12-18H2,1H3;1H. The molecular weight excluding hydrogens is 557 g/mol. The lowest BCUT2D eigenvalue weighted by Crippen LogP contribution is -2.39. The molecule has 0 radical (unpaired) electrons. The van der Waals surface area contributed by atoms with Gasteiger partial charge in [-0.1, -0.05) is 41.1 Å². The molecule has 1 aromatic heterocycles. The van der Waals surface area contributed by atoms with Crippen LogP contribution >= 0.6 is 35.3 Å². The fourth-order valence-corrected chi connectivity index (χ4v) is 6.75. The lowest BCUT2D eigenvalue weighted by molar-refractivity contribution is -0.118. The summed E-state index contributed by atoms with van der Waals surface area (Å²) in [6.45, 7) is 4.49. The van der Waals surface area contributed by atoms with Crippen LogP contribution < -0.4 is 9.64 Å². The van der Waals surface area contributed by atoms with Crippen molar-refractivity contribution in [1.29, 1.82) is 0 Å². The van der Waals surface area contributed by atoms with Crippen LogP contribution in [0, 0.1) is 0 Å². The number of hydrogen-bond acceptors (Lipinski definition) is 8. The summed E-state index contributed by atoms with van der Waals surface area (Å²) >= 11 is 7.75. The van der Waals surface area contributed by atoms with E-state index in [2.05, 4.69) is 4.90 Å². The van der Waals surface area contributed by atoms with Crippen molar-refractivity contribution in [3.63, 3.8) is 0 Å². The summed E-state index contributed by atoms with van der Waals surface area (Å²) in [5.74, 6) is 0.338. The Kier molecular flexibility index (Phi) is 11.0. The highest BCUT2D eigenvalue weighted by molar-refractivity contribution is 7.91. The molecule has 1 fully saturated rings. The molecule has 202 valence electrons. The van der Waals surface area contributed by atoms with Crippen molar-refractivity contribution in [3.05, 3.63) is 47.5 Å². The van der Waals surface area contributed by atoms with Crippen LogP contribution in [0.3, 0.4) is 0 Å². The van der Waals surface area contributed by atoms with Gasteiger partial charge >= 0.3 is 0 Å². The highest BCUT2D eigenvalue weighted by atomic mass is 35.5. The molecule has 2 heterocycles. The molecular formula is C25H31Cl2N3O5S2. The highest BCUT2D eigenvalue weighted by Crippen LogP contribution is 2.39. The second kappa shape index (κ2) is 13.7. The van der Waals surface area contributed by atoms with Crippen LogP contribution in [-0.4, -0.2) is 76.5 Å². The Labute approximate surface area is 232 Å². The van der Waals surface area contributed by atoms with E-state index in [9.17, 15) is 13.2 Å². The first kappa shape index (κ1) is 29.6. The van der Waals surface area contributed by atoms with Crippen molar-refractivity contribution in [1.82, 2.24) is 9.88 Å². The minimum Gasteiger partial charge on any atom is -0.494 e. The summed E-state index contributed by atoms with van der Waals surface area (Å²) in [6.07, 6.45) is 1.09. The van der Waals surface area contributed by atoms with Crippen LogP contribution in [0.5, 0.6) is 5.75 Å². The second-order valence-corrected chi connectivity index (χ2v) is 12.0. The minimum absolute atomic E-state index is 0. The monoisotopic (exact) mass is 587 g/mol. The molecule has 0 unspecified atom stereocenters. The number of aromatic nitrogens is 1. The topological polar surface area (TPSA) is 89.0 Å². The van der Waals surface area contributed by atoms with Gasteiger partial charge in [0.25, 0.3) is 0 Å². The first-order chi connectivity index (χ1) is 17.4. The average molecular weight is 589 g/mol. The molecule has 8 nitrogen and oxygen atoms in total. The Balaban J connectivity index is 0.00000380. The first-order valence-electron chi connectivity index (χ1n) is 11.9. The maximum Gasteiger partial charge on any atom is 0.228 e. The number of methoxy groups -OCH3 is 1. The fraction of sp³-hybridized carbons (Fsp3) is 0.440. The molecule has 12 heteroatoms. The number of ether oxygens (including phenoxy) is 2. The average Bonchev–Trinajstić information content (AvgIpc) is 3.34. The first-order valence-corrected chi connectivity index (χ1v) is 14.7. The Bertz CT molecular complexity index is 1280. The highest BCUT2D eigenvalue weighted by Gasteiger charge is 2.23. The van der Waals surface area contributed by atoms with E-state index in [1.807, 2.05) is 0 Å². The van der Waals surface area contributed by atoms with E-state index in [0.717, 1.165) is 30.8 Å². The van der Waals surface area contributed by atoms with Gasteiger partial charge in [0.1, 0.15) is 11.3 Å². The van der Waals surface area contributed by atoms with Crippen molar-refractivity contribution >= 4 is 66.4 Å². The maximum atomic E-state index is 13.4. The van der Waals surface area contributed by atoms with E-state index >= 15 is 0 Å². The smallest absolute Gasteiger partial charge is 0.228 e. The summed E-state index contributed by atoms with van der Waals surface area (Å²) in [5, 5.41) is 1.08. The van der Waals surface area contributed by atoms with Gasteiger partial charge in [-0.3, -0.25) is 14.6 Å². The van der Waals surface area contributed by atoms with Gasteiger partial charge in [-0.15, -0.1) is 12.4 Å². The zero-order valence-corrected chi connectivity index (χ0v) is 23.8. The summed E-state index contributed by atoms with van der Waals surface area (Å²) in [4.78, 5) is 22.3. The number of benzene rings is 2. The normalized spacial score (nSPS) is 14.3. The van der Waals surface area contributed by atoms with Crippen LogP contribution in [0.2, 0.25) is 5.02 Å². The molecule has 3 aromatic rings. The lowest BCUT2D eigenvalue weighted by atomic mass is 10.2. The third kappa shape index (κ3) is 7.55. The lowest BCUT2D eigenvalue weighted by Gasteiger charge is -2.27. The van der Waals surface area contributed by atoms with Crippen LogP contribution in [0.25, 0.3) is 10.2 Å². The van der Waals surface area contributed by atoms with Gasteiger partial charge in [0, 0.05) is 32.6 Å². The van der Waals surface area contributed by atoms with Gasteiger partial charge in [0.2, 0.25) is 5.91 Å². The van der Waals surface area contributed by atoms with E-state index in [4.69, 9.17) is 26.1 Å². The number of halogens is 2. The van der Waals surface area contributed by atoms with Gasteiger partial charge in [0.15, 0.2) is 15.0 Å². The quantitative estimate of drug-likeness (QED) is 0.321. The fourth-order valence-electron chi connectivity index (χ4n) is 4.12. The predicted octanol–water partition coefficient (Wildman–Crippen LogP) is 4.69.